The molecule has 0 saturated carbocycles. The molecule has 152 valence electrons. The summed E-state index contributed by atoms with van der Waals surface area (Å²) in [5.41, 5.74) is 2.10. The number of alkyl halides is 3. The summed E-state index contributed by atoms with van der Waals surface area (Å²) in [5, 5.41) is 9.61. The summed E-state index contributed by atoms with van der Waals surface area (Å²) in [6, 6.07) is 2.94. The molecule has 0 aromatic carbocycles. The van der Waals surface area contributed by atoms with E-state index in [1.165, 1.54) is 12.4 Å². The summed E-state index contributed by atoms with van der Waals surface area (Å²) in [4.78, 5) is 26.3. The van der Waals surface area contributed by atoms with Gasteiger partial charge in [0.05, 0.1) is 24.1 Å². The molecule has 0 atom stereocenters. The molecule has 2 aromatic heterocycles. The van der Waals surface area contributed by atoms with Gasteiger partial charge in [0, 0.05) is 18.7 Å². The van der Waals surface area contributed by atoms with Crippen molar-refractivity contribution < 1.29 is 27.5 Å². The van der Waals surface area contributed by atoms with Crippen LogP contribution < -0.4 is 5.32 Å². The van der Waals surface area contributed by atoms with Crippen molar-refractivity contribution in [2.24, 2.45) is 0 Å². The molecule has 28 heavy (non-hydrogen) atoms. The summed E-state index contributed by atoms with van der Waals surface area (Å²) in [7, 11) is 0. The lowest BCUT2D eigenvalue weighted by Gasteiger charge is -2.31. The second kappa shape index (κ2) is 9.40. The quantitative estimate of drug-likeness (QED) is 0.748. The van der Waals surface area contributed by atoms with E-state index in [-0.39, 0.29) is 18.3 Å². The zero-order valence-corrected chi connectivity index (χ0v) is 15.0. The maximum absolute atomic E-state index is 13.0. The molecule has 2 N–H and O–H groups in total. The van der Waals surface area contributed by atoms with Crippen LogP contribution in [0.2, 0.25) is 0 Å². The van der Waals surface area contributed by atoms with Crippen LogP contribution >= 0.6 is 0 Å². The molecule has 3 heterocycles. The van der Waals surface area contributed by atoms with Gasteiger partial charge in [-0.3, -0.25) is 9.78 Å². The van der Waals surface area contributed by atoms with E-state index in [0.717, 1.165) is 31.3 Å². The second-order valence-corrected chi connectivity index (χ2v) is 5.82. The van der Waals surface area contributed by atoms with Crippen molar-refractivity contribution in [1.29, 1.82) is 0 Å². The van der Waals surface area contributed by atoms with Crippen LogP contribution in [-0.4, -0.2) is 56.9 Å². The normalized spacial score (nSPS) is 13.3. The molecule has 2 aromatic rings. The molecular formula is C17H19F4N5O2. The molecule has 0 aliphatic carbocycles. The number of anilines is 1. The highest BCUT2D eigenvalue weighted by Gasteiger charge is 2.21. The summed E-state index contributed by atoms with van der Waals surface area (Å²) in [6.07, 6.45) is -0.664. The molecule has 0 spiro atoms. The third-order valence-electron chi connectivity index (χ3n) is 3.88. The van der Waals surface area contributed by atoms with Crippen molar-refractivity contribution in [3.63, 3.8) is 0 Å². The zero-order chi connectivity index (χ0) is 20.7. The van der Waals surface area contributed by atoms with Crippen LogP contribution in [0.5, 0.6) is 0 Å². The van der Waals surface area contributed by atoms with Gasteiger partial charge in [-0.25, -0.2) is 14.4 Å². The molecule has 1 aliphatic rings. The van der Waals surface area contributed by atoms with Crippen molar-refractivity contribution in [3.8, 4) is 11.4 Å². The lowest BCUT2D eigenvalue weighted by molar-refractivity contribution is -0.295. The molecule has 7 nitrogen and oxygen atoms in total. The summed E-state index contributed by atoms with van der Waals surface area (Å²) < 4.78 is 42.8. The van der Waals surface area contributed by atoms with Gasteiger partial charge >= 0.3 is 6.36 Å². The number of amides is 1. The first-order chi connectivity index (χ1) is 13.2. The fourth-order valence-electron chi connectivity index (χ4n) is 2.47. The number of carbonyl (C=O) groups excluding carboxylic acids is 1. The van der Waals surface area contributed by atoms with Crippen LogP contribution in [0.1, 0.15) is 18.9 Å². The van der Waals surface area contributed by atoms with Crippen LogP contribution in [0.25, 0.3) is 11.4 Å². The zero-order valence-electron chi connectivity index (χ0n) is 15.0. The Morgan fingerprint density at radius 3 is 2.43 bits per heavy atom. The molecule has 0 unspecified atom stereocenters. The topological polar surface area (TPSA) is 91.2 Å². The van der Waals surface area contributed by atoms with Crippen molar-refractivity contribution in [3.05, 3.63) is 36.0 Å². The minimum absolute atomic E-state index is 0.0679. The highest BCUT2D eigenvalue weighted by atomic mass is 19.4. The van der Waals surface area contributed by atoms with Gasteiger partial charge in [-0.15, -0.1) is 13.2 Å². The number of nitrogens with one attached hydrogen (secondary N) is 1. The van der Waals surface area contributed by atoms with E-state index in [4.69, 9.17) is 5.11 Å². The number of rotatable bonds is 5. The van der Waals surface area contributed by atoms with E-state index in [0.29, 0.717) is 23.6 Å². The fraction of sp³-hybridized carbons (Fsp3) is 0.412. The number of hydrogen-bond acceptors (Lipinski definition) is 6. The van der Waals surface area contributed by atoms with Gasteiger partial charge in [-0.1, -0.05) is 6.92 Å². The van der Waals surface area contributed by atoms with Crippen molar-refractivity contribution in [2.75, 3.05) is 25.0 Å². The Morgan fingerprint density at radius 1 is 1.25 bits per heavy atom. The fourth-order valence-corrected chi connectivity index (χ4v) is 2.47. The van der Waals surface area contributed by atoms with Crippen LogP contribution in [0, 0.1) is 5.82 Å². The summed E-state index contributed by atoms with van der Waals surface area (Å²) >= 11 is 0. The van der Waals surface area contributed by atoms with E-state index in [9.17, 15) is 22.4 Å². The van der Waals surface area contributed by atoms with Gasteiger partial charge in [0.2, 0.25) is 5.91 Å². The molecule has 1 amide bonds. The van der Waals surface area contributed by atoms with Crippen LogP contribution in [0.4, 0.5) is 23.4 Å². The van der Waals surface area contributed by atoms with Gasteiger partial charge in [-0.2, -0.15) is 0 Å². The van der Waals surface area contributed by atoms with E-state index in [1.54, 1.807) is 6.07 Å². The minimum Gasteiger partial charge on any atom is -0.361 e. The Balaban J connectivity index is 0.000000500. The monoisotopic (exact) mass is 401 g/mol. The predicted molar refractivity (Wildman–Crippen MR) is 92.6 cm³/mol. The molecule has 1 fully saturated rings. The maximum atomic E-state index is 13.0. The second-order valence-electron chi connectivity index (χ2n) is 5.82. The lowest BCUT2D eigenvalue weighted by atomic mass is 10.1. The van der Waals surface area contributed by atoms with Crippen LogP contribution in [-0.2, 0) is 11.2 Å². The van der Waals surface area contributed by atoms with Crippen molar-refractivity contribution >= 4 is 11.7 Å². The van der Waals surface area contributed by atoms with Crippen LogP contribution in [0.3, 0.4) is 0 Å². The average molecular weight is 401 g/mol. The number of aliphatic hydroxyl groups is 1. The lowest BCUT2D eigenvalue weighted by Crippen LogP contribution is -2.44. The Hall–Kier alpha value is -2.82. The standard InChI is InChI=1S/C16H18FN5O.CHF3O/c1-2-12-15(13-5-4-11(17)8-18-13)20-10-21-16(12)19-9-14(23)22-6-3-7-22;2-1(3,4)5/h4-5,8,10H,2-3,6-7,9H2,1H3,(H,19,20,21);5H. The highest BCUT2D eigenvalue weighted by molar-refractivity contribution is 5.81. The molecule has 0 bridgehead atoms. The van der Waals surface area contributed by atoms with E-state index in [2.05, 4.69) is 20.3 Å². The average Bonchev–Trinajstić information content (AvgIpc) is 2.57. The van der Waals surface area contributed by atoms with Gasteiger partial charge < -0.3 is 15.3 Å². The molecule has 1 saturated heterocycles. The molecule has 3 rings (SSSR count). The first-order valence-corrected chi connectivity index (χ1v) is 8.45. The van der Waals surface area contributed by atoms with Crippen molar-refractivity contribution in [1.82, 2.24) is 19.9 Å². The predicted octanol–water partition coefficient (Wildman–Crippen LogP) is 2.38. The number of pyridine rings is 1. The Kier molecular flexibility index (Phi) is 7.21. The van der Waals surface area contributed by atoms with E-state index in [1.807, 2.05) is 11.8 Å². The minimum atomic E-state index is -5.00. The van der Waals surface area contributed by atoms with Gasteiger partial charge in [0.15, 0.2) is 0 Å². The molecular weight excluding hydrogens is 382 g/mol. The Labute approximate surface area is 158 Å². The smallest absolute Gasteiger partial charge is 0.361 e. The third kappa shape index (κ3) is 6.41. The largest absolute Gasteiger partial charge is 0.519 e. The van der Waals surface area contributed by atoms with Gasteiger partial charge in [0.1, 0.15) is 18.0 Å². The van der Waals surface area contributed by atoms with E-state index < -0.39 is 6.36 Å². The van der Waals surface area contributed by atoms with Crippen molar-refractivity contribution in [2.45, 2.75) is 26.1 Å². The van der Waals surface area contributed by atoms with E-state index >= 15 is 0 Å². The molecule has 1 aliphatic heterocycles. The number of halogens is 4. The van der Waals surface area contributed by atoms with Gasteiger partial charge in [0.25, 0.3) is 0 Å². The number of hydrogen-bond donors (Lipinski definition) is 2. The maximum Gasteiger partial charge on any atom is 0.519 e. The molecule has 0 radical (unpaired) electrons. The first-order valence-electron chi connectivity index (χ1n) is 8.45. The van der Waals surface area contributed by atoms with Crippen LogP contribution in [0.15, 0.2) is 24.7 Å². The number of likely N-dealkylation sites (tertiary alicyclic amines) is 1. The number of carbonyl (C=O) groups is 1. The first kappa shape index (κ1) is 21.5. The SMILES string of the molecule is CCc1c(NCC(=O)N2CCC2)ncnc1-c1ccc(F)cn1.OC(F)(F)F. The summed E-state index contributed by atoms with van der Waals surface area (Å²) in [6.45, 7) is 3.85. The number of aromatic nitrogens is 3. The Bertz CT molecular complexity index is 789. The number of nitrogens with zero attached hydrogens (tertiary/aromatic N) is 4. The molecule has 11 heteroatoms. The summed E-state index contributed by atoms with van der Waals surface area (Å²) in [5.74, 6) is 0.301. The third-order valence-corrected chi connectivity index (χ3v) is 3.88. The van der Waals surface area contributed by atoms with Gasteiger partial charge in [-0.05, 0) is 25.0 Å². The Morgan fingerprint density at radius 2 is 1.93 bits per heavy atom. The highest BCUT2D eigenvalue weighted by Crippen LogP contribution is 2.24.